The van der Waals surface area contributed by atoms with Crippen molar-refractivity contribution in [2.45, 2.75) is 38.1 Å². The minimum atomic E-state index is -1.04. The average Bonchev–Trinajstić information content (AvgIpc) is 2.42. The van der Waals surface area contributed by atoms with Crippen LogP contribution in [-0.2, 0) is 0 Å². The number of nitrogens with one attached hydrogen (secondary N) is 2. The number of carboxylic acid groups (broad SMARTS) is 1. The summed E-state index contributed by atoms with van der Waals surface area (Å²) in [6.07, 6.45) is 5.83. The van der Waals surface area contributed by atoms with Gasteiger partial charge in [0.2, 0.25) is 0 Å². The van der Waals surface area contributed by atoms with Crippen LogP contribution in [0.4, 0.5) is 5.69 Å². The van der Waals surface area contributed by atoms with Crippen molar-refractivity contribution in [1.29, 1.82) is 0 Å². The van der Waals surface area contributed by atoms with E-state index in [2.05, 4.69) is 10.6 Å². The van der Waals surface area contributed by atoms with Gasteiger partial charge in [-0.3, -0.25) is 0 Å². The largest absolute Gasteiger partial charge is 0.506 e. The van der Waals surface area contributed by atoms with E-state index < -0.39 is 5.97 Å². The minimum absolute atomic E-state index is 0.0252. The van der Waals surface area contributed by atoms with Crippen LogP contribution in [0.1, 0.15) is 42.5 Å². The zero-order valence-corrected chi connectivity index (χ0v) is 11.9. The van der Waals surface area contributed by atoms with E-state index in [1.54, 1.807) is 0 Å². The van der Waals surface area contributed by atoms with Crippen LogP contribution in [0.25, 0.3) is 0 Å². The second-order valence-electron chi connectivity index (χ2n) is 4.97. The van der Waals surface area contributed by atoms with E-state index >= 15 is 0 Å². The van der Waals surface area contributed by atoms with Gasteiger partial charge in [0.05, 0.1) is 11.3 Å². The van der Waals surface area contributed by atoms with Crippen LogP contribution in [0, 0.1) is 0 Å². The predicted octanol–water partition coefficient (Wildman–Crippen LogP) is 2.71. The molecular formula is C14H18N2O3S. The maximum Gasteiger partial charge on any atom is 0.335 e. The number of thiocarbonyl (C=S) groups is 1. The summed E-state index contributed by atoms with van der Waals surface area (Å²) in [7, 11) is 0. The van der Waals surface area contributed by atoms with Crippen LogP contribution in [-0.4, -0.2) is 27.3 Å². The zero-order chi connectivity index (χ0) is 14.5. The smallest absolute Gasteiger partial charge is 0.335 e. The summed E-state index contributed by atoms with van der Waals surface area (Å²) in [5, 5.41) is 25.1. The van der Waals surface area contributed by atoms with Crippen molar-refractivity contribution < 1.29 is 15.0 Å². The second-order valence-corrected chi connectivity index (χ2v) is 5.38. The van der Waals surface area contributed by atoms with Gasteiger partial charge < -0.3 is 20.8 Å². The van der Waals surface area contributed by atoms with Gasteiger partial charge in [-0.25, -0.2) is 4.79 Å². The fraction of sp³-hybridized carbons (Fsp3) is 0.429. The third-order valence-corrected chi connectivity index (χ3v) is 3.65. The third-order valence-electron chi connectivity index (χ3n) is 3.43. The Kier molecular flexibility index (Phi) is 4.79. The molecule has 0 unspecified atom stereocenters. The molecule has 0 spiro atoms. The molecule has 0 atom stereocenters. The first-order valence-corrected chi connectivity index (χ1v) is 7.11. The summed E-state index contributed by atoms with van der Waals surface area (Å²) in [6.45, 7) is 0. The molecular weight excluding hydrogens is 276 g/mol. The van der Waals surface area contributed by atoms with E-state index in [-0.39, 0.29) is 11.3 Å². The first-order valence-electron chi connectivity index (χ1n) is 6.70. The molecule has 0 radical (unpaired) electrons. The SMILES string of the molecule is O=C(O)c1ccc(O)c(NC(=S)NC2CCCCC2)c1. The van der Waals surface area contributed by atoms with Crippen LogP contribution >= 0.6 is 12.2 Å². The van der Waals surface area contributed by atoms with Crippen molar-refractivity contribution in [2.75, 3.05) is 5.32 Å². The van der Waals surface area contributed by atoms with Crippen molar-refractivity contribution in [3.8, 4) is 5.75 Å². The number of phenols is 1. The monoisotopic (exact) mass is 294 g/mol. The lowest BCUT2D eigenvalue weighted by molar-refractivity contribution is 0.0697. The van der Waals surface area contributed by atoms with Crippen molar-refractivity contribution in [3.63, 3.8) is 0 Å². The van der Waals surface area contributed by atoms with E-state index in [4.69, 9.17) is 17.3 Å². The summed E-state index contributed by atoms with van der Waals surface area (Å²) in [6, 6.07) is 4.41. The number of benzene rings is 1. The number of carbonyl (C=O) groups is 1. The Balaban J connectivity index is 1.99. The lowest BCUT2D eigenvalue weighted by Gasteiger charge is -2.24. The Hall–Kier alpha value is -1.82. The van der Waals surface area contributed by atoms with Gasteiger partial charge in [0.15, 0.2) is 5.11 Å². The van der Waals surface area contributed by atoms with Crippen molar-refractivity contribution in [2.24, 2.45) is 0 Å². The minimum Gasteiger partial charge on any atom is -0.506 e. The predicted molar refractivity (Wildman–Crippen MR) is 81.3 cm³/mol. The molecule has 0 aromatic heterocycles. The van der Waals surface area contributed by atoms with Gasteiger partial charge in [0.1, 0.15) is 5.75 Å². The molecule has 2 rings (SSSR count). The topological polar surface area (TPSA) is 81.6 Å². The molecule has 0 amide bonds. The fourth-order valence-electron chi connectivity index (χ4n) is 2.36. The Morgan fingerprint density at radius 1 is 1.25 bits per heavy atom. The normalized spacial score (nSPS) is 15.6. The van der Waals surface area contributed by atoms with Gasteiger partial charge in [-0.15, -0.1) is 0 Å². The maximum atomic E-state index is 10.9. The van der Waals surface area contributed by atoms with Gasteiger partial charge >= 0.3 is 5.97 Å². The lowest BCUT2D eigenvalue weighted by Crippen LogP contribution is -2.38. The molecule has 1 aliphatic carbocycles. The molecule has 1 aliphatic rings. The Bertz CT molecular complexity index is 513. The van der Waals surface area contributed by atoms with Gasteiger partial charge in [0.25, 0.3) is 0 Å². The summed E-state index contributed by atoms with van der Waals surface area (Å²) in [5.41, 5.74) is 0.406. The Morgan fingerprint density at radius 2 is 1.95 bits per heavy atom. The highest BCUT2D eigenvalue weighted by molar-refractivity contribution is 7.80. The highest BCUT2D eigenvalue weighted by Gasteiger charge is 2.15. The number of anilines is 1. The number of carboxylic acids is 1. The first-order chi connectivity index (χ1) is 9.56. The Labute approximate surface area is 123 Å². The standard InChI is InChI=1S/C14H18N2O3S/c17-12-7-6-9(13(18)19)8-11(12)16-14(20)15-10-4-2-1-3-5-10/h6-8,10,17H,1-5H2,(H,18,19)(H2,15,16,20). The van der Waals surface area contributed by atoms with Crippen molar-refractivity contribution in [1.82, 2.24) is 5.32 Å². The molecule has 4 N–H and O–H groups in total. The van der Waals surface area contributed by atoms with Crippen LogP contribution < -0.4 is 10.6 Å². The molecule has 5 nitrogen and oxygen atoms in total. The number of phenolic OH excluding ortho intramolecular Hbond substituents is 1. The van der Waals surface area contributed by atoms with Crippen LogP contribution in [0.15, 0.2) is 18.2 Å². The molecule has 108 valence electrons. The van der Waals surface area contributed by atoms with Crippen molar-refractivity contribution in [3.05, 3.63) is 23.8 Å². The number of aromatic hydroxyl groups is 1. The van der Waals surface area contributed by atoms with Crippen LogP contribution in [0.3, 0.4) is 0 Å². The third kappa shape index (κ3) is 3.84. The summed E-state index contributed by atoms with van der Waals surface area (Å²) in [4.78, 5) is 10.9. The molecule has 20 heavy (non-hydrogen) atoms. The maximum absolute atomic E-state index is 10.9. The number of rotatable bonds is 3. The van der Waals surface area contributed by atoms with E-state index in [1.165, 1.54) is 37.5 Å². The molecule has 0 aliphatic heterocycles. The number of aromatic carboxylic acids is 1. The molecule has 6 heteroatoms. The number of hydrogen-bond acceptors (Lipinski definition) is 3. The molecule has 1 saturated carbocycles. The number of hydrogen-bond donors (Lipinski definition) is 4. The summed E-state index contributed by atoms with van der Waals surface area (Å²) >= 11 is 5.20. The Morgan fingerprint density at radius 3 is 2.60 bits per heavy atom. The zero-order valence-electron chi connectivity index (χ0n) is 11.1. The summed E-state index contributed by atoms with van der Waals surface area (Å²) < 4.78 is 0. The molecule has 1 aromatic rings. The van der Waals surface area contributed by atoms with Crippen molar-refractivity contribution >= 4 is 29.0 Å². The van der Waals surface area contributed by atoms with E-state index in [0.717, 1.165) is 12.8 Å². The highest BCUT2D eigenvalue weighted by Crippen LogP contribution is 2.24. The molecule has 0 heterocycles. The molecule has 0 saturated heterocycles. The van der Waals surface area contributed by atoms with Gasteiger partial charge in [-0.2, -0.15) is 0 Å². The first kappa shape index (κ1) is 14.6. The van der Waals surface area contributed by atoms with E-state index in [1.807, 2.05) is 0 Å². The van der Waals surface area contributed by atoms with Gasteiger partial charge in [0, 0.05) is 6.04 Å². The van der Waals surface area contributed by atoms with Crippen LogP contribution in [0.2, 0.25) is 0 Å². The van der Waals surface area contributed by atoms with Gasteiger partial charge in [-0.05, 0) is 43.3 Å². The molecule has 1 aromatic carbocycles. The van der Waals surface area contributed by atoms with E-state index in [9.17, 15) is 9.90 Å². The highest BCUT2D eigenvalue weighted by atomic mass is 32.1. The molecule has 0 bridgehead atoms. The fourth-order valence-corrected chi connectivity index (χ4v) is 2.64. The lowest BCUT2D eigenvalue weighted by atomic mass is 9.96. The quantitative estimate of drug-likeness (QED) is 0.507. The average molecular weight is 294 g/mol. The summed E-state index contributed by atoms with van der Waals surface area (Å²) in [5.74, 6) is -1.07. The molecule has 1 fully saturated rings. The van der Waals surface area contributed by atoms with Gasteiger partial charge in [-0.1, -0.05) is 19.3 Å². The van der Waals surface area contributed by atoms with E-state index in [0.29, 0.717) is 16.8 Å². The van der Waals surface area contributed by atoms with Crippen LogP contribution in [0.5, 0.6) is 5.75 Å². The second kappa shape index (κ2) is 6.56.